The zero-order chi connectivity index (χ0) is 14.1. The number of rotatable bonds is 3. The molecule has 0 aromatic carbocycles. The fraction of sp³-hybridized carbons (Fsp3) is 0.214. The lowest BCUT2D eigenvalue weighted by atomic mass is 10.3. The number of anilines is 1. The maximum atomic E-state index is 12.0. The van der Waals surface area contributed by atoms with Gasteiger partial charge in [0.05, 0.1) is 23.0 Å². The summed E-state index contributed by atoms with van der Waals surface area (Å²) in [5, 5.41) is 9.95. The molecule has 3 aromatic heterocycles. The van der Waals surface area contributed by atoms with Gasteiger partial charge in [-0.05, 0) is 31.4 Å². The molecule has 3 rings (SSSR count). The molecule has 1 amide bonds. The van der Waals surface area contributed by atoms with E-state index in [0.717, 1.165) is 11.0 Å². The molecule has 0 saturated heterocycles. The Labute approximate surface area is 120 Å². The van der Waals surface area contributed by atoms with Crippen LogP contribution in [-0.2, 0) is 0 Å². The minimum Gasteiger partial charge on any atom is -0.320 e. The van der Waals surface area contributed by atoms with Gasteiger partial charge in [0.25, 0.3) is 5.91 Å². The molecule has 0 radical (unpaired) electrons. The van der Waals surface area contributed by atoms with Crippen molar-refractivity contribution in [3.05, 3.63) is 40.8 Å². The Kier molecular flexibility index (Phi) is 3.23. The first kappa shape index (κ1) is 12.8. The van der Waals surface area contributed by atoms with Gasteiger partial charge in [-0.25, -0.2) is 9.67 Å². The largest absolute Gasteiger partial charge is 0.320 e. The van der Waals surface area contributed by atoms with Crippen molar-refractivity contribution in [2.45, 2.75) is 19.9 Å². The van der Waals surface area contributed by atoms with Crippen molar-refractivity contribution in [2.75, 3.05) is 5.32 Å². The highest BCUT2D eigenvalue weighted by Gasteiger charge is 2.10. The van der Waals surface area contributed by atoms with Crippen LogP contribution in [0.5, 0.6) is 0 Å². The van der Waals surface area contributed by atoms with Crippen LogP contribution in [0.3, 0.4) is 0 Å². The number of nitrogens with one attached hydrogen (secondary N) is 1. The van der Waals surface area contributed by atoms with Gasteiger partial charge in [-0.2, -0.15) is 5.10 Å². The van der Waals surface area contributed by atoms with Gasteiger partial charge in [-0.1, -0.05) is 6.07 Å². The van der Waals surface area contributed by atoms with Crippen molar-refractivity contribution in [3.63, 3.8) is 0 Å². The van der Waals surface area contributed by atoms with Crippen molar-refractivity contribution in [2.24, 2.45) is 0 Å². The normalized spacial score (nSPS) is 11.2. The van der Waals surface area contributed by atoms with E-state index >= 15 is 0 Å². The molecule has 20 heavy (non-hydrogen) atoms. The van der Waals surface area contributed by atoms with Crippen molar-refractivity contribution in [3.8, 4) is 0 Å². The second kappa shape index (κ2) is 5.05. The highest BCUT2D eigenvalue weighted by Crippen LogP contribution is 2.20. The average molecular weight is 286 g/mol. The molecule has 102 valence electrons. The summed E-state index contributed by atoms with van der Waals surface area (Å²) >= 11 is 1.41. The molecule has 0 saturated carbocycles. The van der Waals surface area contributed by atoms with E-state index in [-0.39, 0.29) is 11.9 Å². The summed E-state index contributed by atoms with van der Waals surface area (Å²) in [5.41, 5.74) is 1.51. The quantitative estimate of drug-likeness (QED) is 0.803. The van der Waals surface area contributed by atoms with E-state index < -0.39 is 0 Å². The van der Waals surface area contributed by atoms with E-state index in [1.807, 2.05) is 22.2 Å². The van der Waals surface area contributed by atoms with Gasteiger partial charge in [0, 0.05) is 11.4 Å². The van der Waals surface area contributed by atoms with Crippen LogP contribution in [0, 0.1) is 0 Å². The molecule has 3 aromatic rings. The van der Waals surface area contributed by atoms with Crippen LogP contribution >= 0.6 is 11.3 Å². The predicted molar refractivity (Wildman–Crippen MR) is 80.2 cm³/mol. The second-order valence-corrected chi connectivity index (χ2v) is 5.70. The van der Waals surface area contributed by atoms with Crippen molar-refractivity contribution in [1.82, 2.24) is 14.8 Å². The minimum atomic E-state index is -0.114. The molecule has 0 fully saturated rings. The number of aromatic nitrogens is 3. The number of nitrogens with zero attached hydrogens (tertiary/aromatic N) is 3. The summed E-state index contributed by atoms with van der Waals surface area (Å²) in [4.78, 5) is 17.0. The van der Waals surface area contributed by atoms with E-state index in [4.69, 9.17) is 0 Å². The summed E-state index contributed by atoms with van der Waals surface area (Å²) in [6.07, 6.45) is 3.43. The summed E-state index contributed by atoms with van der Waals surface area (Å²) < 4.78 is 1.86. The van der Waals surface area contributed by atoms with E-state index in [9.17, 15) is 4.79 Å². The standard InChI is InChI=1S/C14H14N4OS/c1-9(2)18-13-10(7-16-18)6-11(8-15-13)17-14(19)12-4-3-5-20-12/h3-9H,1-2H3,(H,17,19). The first-order valence-electron chi connectivity index (χ1n) is 6.33. The van der Waals surface area contributed by atoms with Gasteiger partial charge >= 0.3 is 0 Å². The van der Waals surface area contributed by atoms with Gasteiger partial charge in [0.15, 0.2) is 5.65 Å². The maximum Gasteiger partial charge on any atom is 0.265 e. The lowest BCUT2D eigenvalue weighted by Gasteiger charge is -2.07. The van der Waals surface area contributed by atoms with Crippen molar-refractivity contribution < 1.29 is 4.79 Å². The molecule has 0 aliphatic carbocycles. The van der Waals surface area contributed by atoms with Gasteiger partial charge in [-0.3, -0.25) is 4.79 Å². The van der Waals surface area contributed by atoms with Crippen molar-refractivity contribution in [1.29, 1.82) is 0 Å². The number of hydrogen-bond acceptors (Lipinski definition) is 4. The fourth-order valence-electron chi connectivity index (χ4n) is 1.99. The maximum absolute atomic E-state index is 12.0. The SMILES string of the molecule is CC(C)n1ncc2cc(NC(=O)c3cccs3)cnc21. The van der Waals surface area contributed by atoms with Gasteiger partial charge in [-0.15, -0.1) is 11.3 Å². The first-order valence-corrected chi connectivity index (χ1v) is 7.21. The Hall–Kier alpha value is -2.21. The predicted octanol–water partition coefficient (Wildman–Crippen LogP) is 3.33. The topological polar surface area (TPSA) is 59.8 Å². The molecule has 0 bridgehead atoms. The molecular weight excluding hydrogens is 272 g/mol. The monoisotopic (exact) mass is 286 g/mol. The Morgan fingerprint density at radius 3 is 2.95 bits per heavy atom. The molecule has 0 spiro atoms. The molecular formula is C14H14N4OS. The molecule has 0 unspecified atom stereocenters. The first-order chi connectivity index (χ1) is 9.65. The molecule has 5 nitrogen and oxygen atoms in total. The number of hydrogen-bond donors (Lipinski definition) is 1. The Morgan fingerprint density at radius 2 is 2.25 bits per heavy atom. The lowest BCUT2D eigenvalue weighted by Crippen LogP contribution is -2.10. The summed E-state index contributed by atoms with van der Waals surface area (Å²) in [7, 11) is 0. The third-order valence-corrected chi connectivity index (χ3v) is 3.79. The van der Waals surface area contributed by atoms with Gasteiger partial charge in [0.1, 0.15) is 0 Å². The summed E-state index contributed by atoms with van der Waals surface area (Å²) in [5.74, 6) is -0.114. The third kappa shape index (κ3) is 2.30. The Morgan fingerprint density at radius 1 is 1.40 bits per heavy atom. The third-order valence-electron chi connectivity index (χ3n) is 2.93. The summed E-state index contributed by atoms with van der Waals surface area (Å²) in [6.45, 7) is 4.11. The number of fused-ring (bicyclic) bond motifs is 1. The average Bonchev–Trinajstić information content (AvgIpc) is 3.07. The smallest absolute Gasteiger partial charge is 0.265 e. The number of thiophene rings is 1. The Balaban J connectivity index is 1.88. The highest BCUT2D eigenvalue weighted by molar-refractivity contribution is 7.12. The van der Waals surface area contributed by atoms with Gasteiger partial charge in [0.2, 0.25) is 0 Å². The number of amides is 1. The molecule has 0 aliphatic heterocycles. The zero-order valence-electron chi connectivity index (χ0n) is 11.2. The molecule has 0 aliphatic rings. The van der Waals surface area contributed by atoms with Crippen LogP contribution in [-0.4, -0.2) is 20.7 Å². The summed E-state index contributed by atoms with van der Waals surface area (Å²) in [6, 6.07) is 5.79. The zero-order valence-corrected chi connectivity index (χ0v) is 12.0. The van der Waals surface area contributed by atoms with E-state index in [1.165, 1.54) is 11.3 Å². The van der Waals surface area contributed by atoms with Crippen LogP contribution in [0.2, 0.25) is 0 Å². The number of carbonyl (C=O) groups excluding carboxylic acids is 1. The van der Waals surface area contributed by atoms with E-state index in [1.54, 1.807) is 18.5 Å². The van der Waals surface area contributed by atoms with Crippen LogP contribution in [0.15, 0.2) is 36.0 Å². The number of carbonyl (C=O) groups is 1. The van der Waals surface area contributed by atoms with Crippen LogP contribution in [0.25, 0.3) is 11.0 Å². The van der Waals surface area contributed by atoms with Crippen LogP contribution in [0.4, 0.5) is 5.69 Å². The lowest BCUT2D eigenvalue weighted by molar-refractivity contribution is 0.103. The van der Waals surface area contributed by atoms with E-state index in [0.29, 0.717) is 10.6 Å². The van der Waals surface area contributed by atoms with Crippen LogP contribution < -0.4 is 5.32 Å². The molecule has 1 N–H and O–H groups in total. The fourth-order valence-corrected chi connectivity index (χ4v) is 2.61. The van der Waals surface area contributed by atoms with Crippen LogP contribution in [0.1, 0.15) is 29.6 Å². The second-order valence-electron chi connectivity index (χ2n) is 4.75. The van der Waals surface area contributed by atoms with E-state index in [2.05, 4.69) is 29.2 Å². The number of pyridine rings is 1. The highest BCUT2D eigenvalue weighted by atomic mass is 32.1. The Bertz CT molecular complexity index is 746. The van der Waals surface area contributed by atoms with Crippen molar-refractivity contribution >= 4 is 34.0 Å². The molecule has 0 atom stereocenters. The minimum absolute atomic E-state index is 0.114. The van der Waals surface area contributed by atoms with Gasteiger partial charge < -0.3 is 5.32 Å². The molecule has 6 heteroatoms. The molecule has 3 heterocycles.